The van der Waals surface area contributed by atoms with Crippen molar-refractivity contribution in [2.75, 3.05) is 5.43 Å². The molecule has 15 heavy (non-hydrogen) atoms. The van der Waals surface area contributed by atoms with Crippen LogP contribution >= 0.6 is 0 Å². The van der Waals surface area contributed by atoms with Crippen molar-refractivity contribution >= 4 is 5.82 Å². The van der Waals surface area contributed by atoms with Crippen molar-refractivity contribution in [3.05, 3.63) is 42.3 Å². The molecule has 0 amide bonds. The van der Waals surface area contributed by atoms with Crippen LogP contribution in [0, 0.1) is 5.82 Å². The molecule has 1 heterocycles. The van der Waals surface area contributed by atoms with Crippen molar-refractivity contribution < 1.29 is 4.39 Å². The molecule has 0 aliphatic heterocycles. The van der Waals surface area contributed by atoms with Crippen LogP contribution in [0.1, 0.15) is 0 Å². The van der Waals surface area contributed by atoms with Gasteiger partial charge in [-0.3, -0.25) is 0 Å². The monoisotopic (exact) mass is 204 g/mol. The van der Waals surface area contributed by atoms with Gasteiger partial charge < -0.3 is 5.43 Å². The van der Waals surface area contributed by atoms with Gasteiger partial charge in [0.15, 0.2) is 17.5 Å². The van der Waals surface area contributed by atoms with E-state index in [1.54, 1.807) is 0 Å². The molecule has 76 valence electrons. The minimum atomic E-state index is -0.572. The molecule has 2 aromatic rings. The van der Waals surface area contributed by atoms with Gasteiger partial charge in [0.1, 0.15) is 0 Å². The molecule has 0 bridgehead atoms. The van der Waals surface area contributed by atoms with Gasteiger partial charge in [0.05, 0.1) is 6.20 Å². The highest BCUT2D eigenvalue weighted by atomic mass is 19.1. The average molecular weight is 204 g/mol. The van der Waals surface area contributed by atoms with Crippen LogP contribution in [0.4, 0.5) is 10.2 Å². The molecule has 0 saturated heterocycles. The van der Waals surface area contributed by atoms with Gasteiger partial charge in [-0.05, 0) is 0 Å². The van der Waals surface area contributed by atoms with Gasteiger partial charge in [0, 0.05) is 5.56 Å². The fourth-order valence-corrected chi connectivity index (χ4v) is 1.19. The van der Waals surface area contributed by atoms with E-state index in [2.05, 4.69) is 15.4 Å². The van der Waals surface area contributed by atoms with E-state index in [1.165, 1.54) is 0 Å². The van der Waals surface area contributed by atoms with Gasteiger partial charge in [0.25, 0.3) is 0 Å². The second kappa shape index (κ2) is 4.02. The molecule has 4 nitrogen and oxygen atoms in total. The van der Waals surface area contributed by atoms with Crippen molar-refractivity contribution in [1.29, 1.82) is 0 Å². The van der Waals surface area contributed by atoms with Crippen LogP contribution in [-0.2, 0) is 0 Å². The van der Waals surface area contributed by atoms with E-state index >= 15 is 0 Å². The topological polar surface area (TPSA) is 63.8 Å². The number of benzene rings is 1. The molecule has 0 aliphatic carbocycles. The van der Waals surface area contributed by atoms with E-state index in [1.807, 2.05) is 30.3 Å². The minimum Gasteiger partial charge on any atom is -0.306 e. The first-order valence-corrected chi connectivity index (χ1v) is 4.36. The van der Waals surface area contributed by atoms with E-state index in [9.17, 15) is 4.39 Å². The highest BCUT2D eigenvalue weighted by Crippen LogP contribution is 2.16. The molecule has 0 unspecified atom stereocenters. The third-order valence-corrected chi connectivity index (χ3v) is 1.91. The van der Waals surface area contributed by atoms with E-state index in [4.69, 9.17) is 5.84 Å². The SMILES string of the molecule is NNc1nc(-c2ccccc2)ncc1F. The number of aromatic nitrogens is 2. The smallest absolute Gasteiger partial charge is 0.185 e. The van der Waals surface area contributed by atoms with Crippen molar-refractivity contribution in [2.24, 2.45) is 5.84 Å². The molecule has 1 aromatic carbocycles. The largest absolute Gasteiger partial charge is 0.306 e. The van der Waals surface area contributed by atoms with Crippen LogP contribution in [0.25, 0.3) is 11.4 Å². The molecule has 0 radical (unpaired) electrons. The van der Waals surface area contributed by atoms with Gasteiger partial charge in [0.2, 0.25) is 0 Å². The molecule has 3 N–H and O–H groups in total. The predicted octanol–water partition coefficient (Wildman–Crippen LogP) is 1.57. The third-order valence-electron chi connectivity index (χ3n) is 1.91. The number of nitrogens with two attached hydrogens (primary N) is 1. The zero-order chi connectivity index (χ0) is 10.7. The Hall–Kier alpha value is -2.01. The summed E-state index contributed by atoms with van der Waals surface area (Å²) < 4.78 is 13.0. The number of nitrogens with zero attached hydrogens (tertiary/aromatic N) is 2. The zero-order valence-corrected chi connectivity index (χ0v) is 7.81. The Kier molecular flexibility index (Phi) is 2.55. The van der Waals surface area contributed by atoms with Crippen LogP contribution in [0.5, 0.6) is 0 Å². The van der Waals surface area contributed by atoms with Crippen LogP contribution in [0.2, 0.25) is 0 Å². The van der Waals surface area contributed by atoms with E-state index < -0.39 is 5.82 Å². The maximum absolute atomic E-state index is 13.0. The van der Waals surface area contributed by atoms with Crippen molar-refractivity contribution in [3.63, 3.8) is 0 Å². The summed E-state index contributed by atoms with van der Waals surface area (Å²) in [5.74, 6) is 4.97. The quantitative estimate of drug-likeness (QED) is 0.575. The first-order chi connectivity index (χ1) is 7.31. The van der Waals surface area contributed by atoms with Gasteiger partial charge in [-0.1, -0.05) is 30.3 Å². The summed E-state index contributed by atoms with van der Waals surface area (Å²) in [7, 11) is 0. The molecule has 0 saturated carbocycles. The lowest BCUT2D eigenvalue weighted by atomic mass is 10.2. The van der Waals surface area contributed by atoms with Gasteiger partial charge in [-0.2, -0.15) is 0 Å². The fraction of sp³-hybridized carbons (Fsp3) is 0. The predicted molar refractivity (Wildman–Crippen MR) is 55.2 cm³/mol. The maximum Gasteiger partial charge on any atom is 0.185 e. The van der Waals surface area contributed by atoms with Crippen molar-refractivity contribution in [3.8, 4) is 11.4 Å². The second-order valence-electron chi connectivity index (χ2n) is 2.90. The highest BCUT2D eigenvalue weighted by molar-refractivity contribution is 5.56. The Morgan fingerprint density at radius 1 is 1.20 bits per heavy atom. The van der Waals surface area contributed by atoms with Gasteiger partial charge in [-0.15, -0.1) is 0 Å². The summed E-state index contributed by atoms with van der Waals surface area (Å²) in [6.07, 6.45) is 1.09. The van der Waals surface area contributed by atoms with Crippen molar-refractivity contribution in [1.82, 2.24) is 9.97 Å². The molecular weight excluding hydrogens is 195 g/mol. The Labute approximate surface area is 86.0 Å². The summed E-state index contributed by atoms with van der Waals surface area (Å²) in [6, 6.07) is 9.28. The number of nitrogen functional groups attached to an aromatic ring is 1. The highest BCUT2D eigenvalue weighted by Gasteiger charge is 2.06. The third kappa shape index (κ3) is 1.92. The van der Waals surface area contributed by atoms with E-state index in [0.717, 1.165) is 11.8 Å². The Morgan fingerprint density at radius 3 is 2.60 bits per heavy atom. The summed E-state index contributed by atoms with van der Waals surface area (Å²) in [5, 5.41) is 0. The number of anilines is 1. The molecule has 0 spiro atoms. The summed E-state index contributed by atoms with van der Waals surface area (Å²) in [5.41, 5.74) is 2.99. The molecule has 0 fully saturated rings. The molecule has 5 heteroatoms. The Bertz CT molecular complexity index is 458. The normalized spacial score (nSPS) is 10.0. The Balaban J connectivity index is 2.46. The molecule has 2 rings (SSSR count). The van der Waals surface area contributed by atoms with Crippen LogP contribution in [0.3, 0.4) is 0 Å². The van der Waals surface area contributed by atoms with Gasteiger partial charge in [-0.25, -0.2) is 20.2 Å². The number of halogens is 1. The molecule has 0 aliphatic rings. The molecular formula is C10H9FN4. The lowest BCUT2D eigenvalue weighted by Crippen LogP contribution is -2.11. The zero-order valence-electron chi connectivity index (χ0n) is 7.81. The lowest BCUT2D eigenvalue weighted by Gasteiger charge is -2.03. The number of hydrogen-bond donors (Lipinski definition) is 2. The summed E-state index contributed by atoms with van der Waals surface area (Å²) in [4.78, 5) is 7.81. The maximum atomic E-state index is 13.0. The molecule has 1 aromatic heterocycles. The van der Waals surface area contributed by atoms with Crippen LogP contribution in [-0.4, -0.2) is 9.97 Å². The lowest BCUT2D eigenvalue weighted by molar-refractivity contribution is 0.618. The number of hydrazine groups is 1. The standard InChI is InChI=1S/C10H9FN4/c11-8-6-13-9(14-10(8)15-12)7-4-2-1-3-5-7/h1-6H,12H2,(H,13,14,15). The molecule has 0 atom stereocenters. The fourth-order valence-electron chi connectivity index (χ4n) is 1.19. The van der Waals surface area contributed by atoms with E-state index in [-0.39, 0.29) is 5.82 Å². The van der Waals surface area contributed by atoms with Crippen LogP contribution in [0.15, 0.2) is 36.5 Å². The average Bonchev–Trinajstić information content (AvgIpc) is 2.31. The van der Waals surface area contributed by atoms with E-state index in [0.29, 0.717) is 5.82 Å². The second-order valence-corrected chi connectivity index (χ2v) is 2.90. The van der Waals surface area contributed by atoms with Crippen LogP contribution < -0.4 is 11.3 Å². The summed E-state index contributed by atoms with van der Waals surface area (Å²) in [6.45, 7) is 0. The number of nitrogens with one attached hydrogen (secondary N) is 1. The first kappa shape index (κ1) is 9.54. The minimum absolute atomic E-state index is 0.0103. The van der Waals surface area contributed by atoms with Gasteiger partial charge >= 0.3 is 0 Å². The van der Waals surface area contributed by atoms with Crippen molar-refractivity contribution in [2.45, 2.75) is 0 Å². The number of rotatable bonds is 2. The summed E-state index contributed by atoms with van der Waals surface area (Å²) >= 11 is 0. The first-order valence-electron chi connectivity index (χ1n) is 4.36. The number of hydrogen-bond acceptors (Lipinski definition) is 4. The Morgan fingerprint density at radius 2 is 1.93 bits per heavy atom.